The van der Waals surface area contributed by atoms with Crippen molar-refractivity contribution >= 4 is 23.3 Å². The lowest BCUT2D eigenvalue weighted by molar-refractivity contribution is -0.165. The van der Waals surface area contributed by atoms with Gasteiger partial charge in [0.15, 0.2) is 0 Å². The molecule has 0 spiro atoms. The van der Waals surface area contributed by atoms with E-state index in [0.717, 1.165) is 0 Å². The Morgan fingerprint density at radius 3 is 2.14 bits per heavy atom. The quantitative estimate of drug-likeness (QED) is 0.558. The van der Waals surface area contributed by atoms with E-state index in [9.17, 15) is 9.90 Å². The summed E-state index contributed by atoms with van der Waals surface area (Å²) in [5.74, 6) is -0.0745. The lowest BCUT2D eigenvalue weighted by Crippen LogP contribution is -2.45. The SMILES string of the molecule is COC(=O)C(O)(c1ccccc1)C(Nc1ccc(OC)cc1)c1ccc(Cl)cc1. The number of methoxy groups -OCH3 is 2. The molecule has 2 atom stereocenters. The molecule has 3 aromatic rings. The van der Waals surface area contributed by atoms with Gasteiger partial charge in [-0.1, -0.05) is 54.1 Å². The Morgan fingerprint density at radius 2 is 1.59 bits per heavy atom. The first-order chi connectivity index (χ1) is 14.0. The third-order valence-corrected chi connectivity index (χ3v) is 4.98. The number of hydrogen-bond donors (Lipinski definition) is 2. The Kier molecular flexibility index (Phi) is 6.42. The molecule has 5 nitrogen and oxygen atoms in total. The second kappa shape index (κ2) is 8.99. The summed E-state index contributed by atoms with van der Waals surface area (Å²) in [6.07, 6.45) is 0. The van der Waals surface area contributed by atoms with Gasteiger partial charge in [0.1, 0.15) is 5.75 Å². The Hall–Kier alpha value is -3.02. The number of aliphatic hydroxyl groups is 1. The van der Waals surface area contributed by atoms with Crippen molar-refractivity contribution in [2.45, 2.75) is 11.6 Å². The molecule has 0 saturated carbocycles. The van der Waals surface area contributed by atoms with E-state index < -0.39 is 17.6 Å². The third kappa shape index (κ3) is 4.36. The highest BCUT2D eigenvalue weighted by Gasteiger charge is 2.48. The van der Waals surface area contributed by atoms with Crippen molar-refractivity contribution in [2.75, 3.05) is 19.5 Å². The topological polar surface area (TPSA) is 67.8 Å². The summed E-state index contributed by atoms with van der Waals surface area (Å²) in [7, 11) is 2.84. The van der Waals surface area contributed by atoms with Gasteiger partial charge in [0.25, 0.3) is 0 Å². The maximum absolute atomic E-state index is 12.8. The number of carbonyl (C=O) groups is 1. The average molecular weight is 412 g/mol. The first-order valence-electron chi connectivity index (χ1n) is 9.01. The third-order valence-electron chi connectivity index (χ3n) is 4.73. The largest absolute Gasteiger partial charge is 0.497 e. The molecule has 0 aliphatic rings. The van der Waals surface area contributed by atoms with Crippen LogP contribution in [0.1, 0.15) is 17.2 Å². The molecule has 0 bridgehead atoms. The van der Waals surface area contributed by atoms with E-state index in [-0.39, 0.29) is 0 Å². The first-order valence-corrected chi connectivity index (χ1v) is 9.39. The van der Waals surface area contributed by atoms with Crippen LogP contribution in [0.2, 0.25) is 5.02 Å². The number of benzene rings is 3. The summed E-state index contributed by atoms with van der Waals surface area (Å²) >= 11 is 6.04. The minimum absolute atomic E-state index is 0.410. The van der Waals surface area contributed by atoms with Crippen molar-refractivity contribution in [3.05, 3.63) is 95.0 Å². The van der Waals surface area contributed by atoms with Gasteiger partial charge in [0.2, 0.25) is 5.60 Å². The van der Waals surface area contributed by atoms with Crippen LogP contribution >= 0.6 is 11.6 Å². The number of nitrogens with one attached hydrogen (secondary N) is 1. The van der Waals surface area contributed by atoms with Crippen LogP contribution in [0.15, 0.2) is 78.9 Å². The van der Waals surface area contributed by atoms with Crippen molar-refractivity contribution in [1.29, 1.82) is 0 Å². The van der Waals surface area contributed by atoms with Gasteiger partial charge in [-0.2, -0.15) is 0 Å². The maximum atomic E-state index is 12.8. The molecule has 0 amide bonds. The lowest BCUT2D eigenvalue weighted by atomic mass is 9.82. The number of rotatable bonds is 7. The fraction of sp³-hybridized carbons (Fsp3) is 0.174. The molecule has 0 fully saturated rings. The molecular weight excluding hydrogens is 390 g/mol. The summed E-state index contributed by atoms with van der Waals surface area (Å²) in [6, 6.07) is 22.0. The number of anilines is 1. The zero-order chi connectivity index (χ0) is 20.9. The Balaban J connectivity index is 2.12. The van der Waals surface area contributed by atoms with Crippen LogP contribution in [0.3, 0.4) is 0 Å². The monoisotopic (exact) mass is 411 g/mol. The molecule has 29 heavy (non-hydrogen) atoms. The molecule has 0 aromatic heterocycles. The van der Waals surface area contributed by atoms with Crippen molar-refractivity contribution < 1.29 is 19.4 Å². The number of carbonyl (C=O) groups excluding carboxylic acids is 1. The van der Waals surface area contributed by atoms with Gasteiger partial charge in [-0.05, 0) is 47.5 Å². The molecular formula is C23H22ClNO4. The van der Waals surface area contributed by atoms with Crippen molar-refractivity contribution in [3.63, 3.8) is 0 Å². The molecule has 0 heterocycles. The van der Waals surface area contributed by atoms with E-state index in [1.807, 2.05) is 18.2 Å². The molecule has 2 unspecified atom stereocenters. The second-order valence-electron chi connectivity index (χ2n) is 6.48. The van der Waals surface area contributed by atoms with E-state index in [0.29, 0.717) is 27.6 Å². The number of hydrogen-bond acceptors (Lipinski definition) is 5. The van der Waals surface area contributed by atoms with E-state index in [1.54, 1.807) is 67.8 Å². The van der Waals surface area contributed by atoms with Crippen molar-refractivity contribution in [1.82, 2.24) is 0 Å². The zero-order valence-corrected chi connectivity index (χ0v) is 16.9. The highest BCUT2D eigenvalue weighted by molar-refractivity contribution is 6.30. The summed E-state index contributed by atoms with van der Waals surface area (Å²) in [5.41, 5.74) is -0.206. The van der Waals surface area contributed by atoms with E-state index in [2.05, 4.69) is 5.32 Å². The van der Waals surface area contributed by atoms with Crippen LogP contribution in [0.5, 0.6) is 5.75 Å². The average Bonchev–Trinajstić information content (AvgIpc) is 2.78. The van der Waals surface area contributed by atoms with Gasteiger partial charge in [-0.3, -0.25) is 0 Å². The van der Waals surface area contributed by atoms with Crippen LogP contribution in [0.4, 0.5) is 5.69 Å². The second-order valence-corrected chi connectivity index (χ2v) is 6.92. The van der Waals surface area contributed by atoms with Crippen molar-refractivity contribution in [3.8, 4) is 5.75 Å². The number of esters is 1. The molecule has 0 aliphatic heterocycles. The Labute approximate surface area is 174 Å². The van der Waals surface area contributed by atoms with Gasteiger partial charge in [-0.15, -0.1) is 0 Å². The maximum Gasteiger partial charge on any atom is 0.345 e. The summed E-state index contributed by atoms with van der Waals surface area (Å²) in [4.78, 5) is 12.8. The molecule has 6 heteroatoms. The molecule has 3 aromatic carbocycles. The minimum atomic E-state index is -1.98. The van der Waals surface area contributed by atoms with Gasteiger partial charge >= 0.3 is 5.97 Å². The molecule has 3 rings (SSSR count). The number of halogens is 1. The zero-order valence-electron chi connectivity index (χ0n) is 16.1. The van der Waals surface area contributed by atoms with E-state index in [1.165, 1.54) is 7.11 Å². The van der Waals surface area contributed by atoms with Crippen LogP contribution in [0, 0.1) is 0 Å². The predicted octanol–water partition coefficient (Wildman–Crippen LogP) is 4.56. The standard InChI is InChI=1S/C23H22ClNO4/c1-28-20-14-12-19(13-15-20)25-21(16-8-10-18(24)11-9-16)23(27,22(26)29-2)17-6-4-3-5-7-17/h3-15,21,25,27H,1-2H3. The fourth-order valence-electron chi connectivity index (χ4n) is 3.19. The summed E-state index contributed by atoms with van der Waals surface area (Å²) in [5, 5.41) is 15.5. The number of ether oxygens (including phenoxy) is 2. The van der Waals surface area contributed by atoms with Crippen LogP contribution in [0.25, 0.3) is 0 Å². The Morgan fingerprint density at radius 1 is 0.966 bits per heavy atom. The first kappa shape index (κ1) is 20.7. The van der Waals surface area contributed by atoms with Crippen LogP contribution in [-0.2, 0) is 15.1 Å². The van der Waals surface area contributed by atoms with Crippen LogP contribution < -0.4 is 10.1 Å². The van der Waals surface area contributed by atoms with Gasteiger partial charge in [0.05, 0.1) is 20.3 Å². The van der Waals surface area contributed by atoms with Gasteiger partial charge < -0.3 is 19.9 Å². The van der Waals surface area contributed by atoms with Crippen LogP contribution in [-0.4, -0.2) is 25.3 Å². The highest BCUT2D eigenvalue weighted by Crippen LogP contribution is 2.39. The minimum Gasteiger partial charge on any atom is -0.497 e. The van der Waals surface area contributed by atoms with E-state index in [4.69, 9.17) is 21.1 Å². The van der Waals surface area contributed by atoms with Crippen molar-refractivity contribution in [2.24, 2.45) is 0 Å². The van der Waals surface area contributed by atoms with Gasteiger partial charge in [-0.25, -0.2) is 4.79 Å². The predicted molar refractivity (Wildman–Crippen MR) is 113 cm³/mol. The molecule has 2 N–H and O–H groups in total. The summed E-state index contributed by atoms with van der Waals surface area (Å²) < 4.78 is 10.2. The summed E-state index contributed by atoms with van der Waals surface area (Å²) in [6.45, 7) is 0. The highest BCUT2D eigenvalue weighted by atomic mass is 35.5. The Bertz CT molecular complexity index is 945. The van der Waals surface area contributed by atoms with E-state index >= 15 is 0 Å². The molecule has 0 aliphatic carbocycles. The molecule has 0 saturated heterocycles. The van der Waals surface area contributed by atoms with Gasteiger partial charge in [0, 0.05) is 10.7 Å². The smallest absolute Gasteiger partial charge is 0.345 e. The molecule has 150 valence electrons. The normalized spacial score (nSPS) is 13.8. The lowest BCUT2D eigenvalue weighted by Gasteiger charge is -2.35. The molecule has 0 radical (unpaired) electrons. The fourth-order valence-corrected chi connectivity index (χ4v) is 3.31.